The summed E-state index contributed by atoms with van der Waals surface area (Å²) in [5, 5.41) is 1.11. The number of aromatic nitrogens is 1. The lowest BCUT2D eigenvalue weighted by Crippen LogP contribution is -2.81. The summed E-state index contributed by atoms with van der Waals surface area (Å²) in [5.74, 6) is -71.3. The van der Waals surface area contributed by atoms with E-state index in [1.165, 1.54) is 0 Å². The molecule has 0 aliphatic rings. The fraction of sp³-hybridized carbons (Fsp3) is 0.0244. The van der Waals surface area contributed by atoms with Gasteiger partial charge in [0.25, 0.3) is 0 Å². The molecule has 2 nitrogen and oxygen atoms in total. The van der Waals surface area contributed by atoms with Crippen LogP contribution in [0.15, 0.2) is 71.3 Å². The van der Waals surface area contributed by atoms with Crippen molar-refractivity contribution in [2.75, 3.05) is 0 Å². The third-order valence-corrected chi connectivity index (χ3v) is 10.5. The number of ketones is 1. The summed E-state index contributed by atoms with van der Waals surface area (Å²) in [4.78, 5) is 12.3. The Hall–Kier alpha value is -6.46. The van der Waals surface area contributed by atoms with E-state index >= 15 is 35.1 Å². The molecule has 338 valence electrons. The van der Waals surface area contributed by atoms with Gasteiger partial charge in [0.15, 0.2) is 76.0 Å². The van der Waals surface area contributed by atoms with Crippen LogP contribution in [-0.2, 0) is 6.54 Å². The van der Waals surface area contributed by atoms with Gasteiger partial charge in [0.1, 0.15) is 52.7 Å². The van der Waals surface area contributed by atoms with Crippen LogP contribution in [0.1, 0.15) is 10.4 Å². The second-order valence-corrected chi connectivity index (χ2v) is 14.3. The van der Waals surface area contributed by atoms with Gasteiger partial charge in [-0.25, -0.2) is 87.8 Å². The Morgan fingerprint density at radius 3 is 1.03 bits per heavy atom. The minimum Gasteiger partial charge on any atom is -0.287 e. The van der Waals surface area contributed by atoms with E-state index in [0.717, 1.165) is 20.9 Å². The molecule has 1 aromatic heterocycles. The molecule has 0 aliphatic carbocycles. The van der Waals surface area contributed by atoms with Crippen LogP contribution in [0.2, 0.25) is 0 Å². The van der Waals surface area contributed by atoms with E-state index in [2.05, 4.69) is 22.0 Å². The maximum Gasteiger partial charge on any atom is 0.227 e. The topological polar surface area (TPSA) is 20.9 Å². The number of Topliss-reactive ketones (excluding diaryl/α,β-unsaturated/α-hetero) is 1. The number of benzene rings is 6. The average Bonchev–Trinajstić information content (AvgIpc) is 3.29. The van der Waals surface area contributed by atoms with Gasteiger partial charge < -0.3 is 0 Å². The maximum absolute atomic E-state index is 15.4. The molecular formula is C41H13BBrF20NO. The third kappa shape index (κ3) is 7.63. The van der Waals surface area contributed by atoms with Crippen LogP contribution in [0, 0.1) is 116 Å². The molecule has 0 saturated carbocycles. The summed E-state index contributed by atoms with van der Waals surface area (Å²) in [6.45, 7) is 0.350. The number of carbonyl (C=O) groups excluding carboxylic acids is 1. The highest BCUT2D eigenvalue weighted by atomic mass is 79.9. The first-order valence-electron chi connectivity index (χ1n) is 17.3. The first-order chi connectivity index (χ1) is 30.4. The van der Waals surface area contributed by atoms with Crippen LogP contribution in [0.4, 0.5) is 87.8 Å². The summed E-state index contributed by atoms with van der Waals surface area (Å²) in [7, 11) is 0. The van der Waals surface area contributed by atoms with Crippen molar-refractivity contribution in [3.8, 4) is 0 Å². The monoisotopic (exact) mass is 1000 g/mol. The number of pyridine rings is 1. The molecule has 24 heteroatoms. The van der Waals surface area contributed by atoms with Gasteiger partial charge in [0, 0.05) is 27.6 Å². The molecule has 0 atom stereocenters. The molecule has 0 N–H and O–H groups in total. The number of carbonyl (C=O) groups is 1. The van der Waals surface area contributed by atoms with E-state index < -0.39 is 144 Å². The Kier molecular flexibility index (Phi) is 13.2. The van der Waals surface area contributed by atoms with Crippen LogP contribution in [0.25, 0.3) is 10.9 Å². The van der Waals surface area contributed by atoms with Crippen LogP contribution in [0.3, 0.4) is 0 Å². The highest BCUT2D eigenvalue weighted by Crippen LogP contribution is 2.31. The van der Waals surface area contributed by atoms with E-state index in [0.29, 0.717) is 6.54 Å². The lowest BCUT2D eigenvalue weighted by Gasteiger charge is -2.44. The number of fused-ring (bicyclic) bond motifs is 1. The van der Waals surface area contributed by atoms with Crippen molar-refractivity contribution in [1.82, 2.24) is 0 Å². The molecule has 0 saturated heterocycles. The van der Waals surface area contributed by atoms with E-state index in [9.17, 15) is 57.5 Å². The Bertz CT molecular complexity index is 2730. The molecule has 6 aromatic carbocycles. The van der Waals surface area contributed by atoms with Crippen molar-refractivity contribution < 1.29 is 97.2 Å². The van der Waals surface area contributed by atoms with Gasteiger partial charge in [-0.3, -0.25) is 4.79 Å². The summed E-state index contributed by atoms with van der Waals surface area (Å²) < 4.78 is 297. The highest BCUT2D eigenvalue weighted by Gasteiger charge is 2.52. The van der Waals surface area contributed by atoms with Crippen molar-refractivity contribution in [3.63, 3.8) is 0 Å². The third-order valence-electron chi connectivity index (χ3n) is 9.96. The molecule has 0 radical (unpaired) electrons. The average molecular weight is 1010 g/mol. The first kappa shape index (κ1) is 48.0. The van der Waals surface area contributed by atoms with Gasteiger partial charge in [-0.2, -0.15) is 4.57 Å². The van der Waals surface area contributed by atoms with Crippen LogP contribution >= 0.6 is 15.9 Å². The van der Waals surface area contributed by atoms with Gasteiger partial charge in [-0.1, -0.05) is 46.3 Å². The van der Waals surface area contributed by atoms with Crippen molar-refractivity contribution in [2.45, 2.75) is 6.54 Å². The molecule has 65 heavy (non-hydrogen) atoms. The predicted octanol–water partition coefficient (Wildman–Crippen LogP) is 9.62. The zero-order valence-corrected chi connectivity index (χ0v) is 32.5. The van der Waals surface area contributed by atoms with Crippen LogP contribution in [-0.4, -0.2) is 11.9 Å². The van der Waals surface area contributed by atoms with Gasteiger partial charge >= 0.3 is 0 Å². The number of nitrogens with zero attached hydrogens (tertiary/aromatic N) is 1. The molecule has 7 rings (SSSR count). The summed E-state index contributed by atoms with van der Waals surface area (Å²) in [6.07, 6.45) is -5.28. The van der Waals surface area contributed by atoms with E-state index in [-0.39, 0.29) is 5.78 Å². The van der Waals surface area contributed by atoms with E-state index in [1.54, 1.807) is 0 Å². The van der Waals surface area contributed by atoms with E-state index in [4.69, 9.17) is 0 Å². The van der Waals surface area contributed by atoms with Crippen LogP contribution in [0.5, 0.6) is 0 Å². The molecule has 0 amide bonds. The second-order valence-electron chi connectivity index (χ2n) is 13.4. The predicted molar refractivity (Wildman–Crippen MR) is 192 cm³/mol. The van der Waals surface area contributed by atoms with E-state index in [1.807, 2.05) is 65.4 Å². The zero-order chi connectivity index (χ0) is 48.3. The first-order valence-corrected chi connectivity index (χ1v) is 18.1. The van der Waals surface area contributed by atoms with Gasteiger partial charge in [0.05, 0.1) is 0 Å². The standard InChI is InChI=1S/C24BF20.C17H13BrNO/c26-5-1(6(27)14(35)21(42)13(5)34)25(2-7(28)15(36)22(43)16(37)8(2)29,3-9(30)17(38)23(44)18(39)10(3)31)4-11(32)19(40)24(45)20(41)12(4)33;18-15-8-9-16-14(11-15)7-4-10-19(16)12-17(20)13-5-2-1-3-6-13/h;1-11H,12H2/q-1;+1. The number of halogens is 21. The Morgan fingerprint density at radius 1 is 0.400 bits per heavy atom. The summed E-state index contributed by atoms with van der Waals surface area (Å²) >= 11 is 3.47. The number of rotatable bonds is 7. The number of hydrogen-bond acceptors (Lipinski definition) is 1. The fourth-order valence-corrected chi connectivity index (χ4v) is 7.51. The Labute approximate surface area is 357 Å². The van der Waals surface area contributed by atoms with Crippen molar-refractivity contribution >= 4 is 60.6 Å². The quantitative estimate of drug-likeness (QED) is 0.0390. The molecule has 7 aromatic rings. The largest absolute Gasteiger partial charge is 0.287 e. The SMILES string of the molecule is Fc1c(F)c(F)c([B-](c2c(F)c(F)c(F)c(F)c2F)(c2c(F)c(F)c(F)c(F)c2F)c2c(F)c(F)c(F)c(F)c2F)c(F)c1F.O=C(C[n+]1cccc2cc(Br)ccc21)c1ccccc1. The van der Waals surface area contributed by atoms with Gasteiger partial charge in [-0.05, 0) is 18.2 Å². The zero-order valence-electron chi connectivity index (χ0n) is 30.9. The number of hydrogen-bond donors (Lipinski definition) is 0. The Morgan fingerprint density at radius 2 is 0.708 bits per heavy atom. The summed E-state index contributed by atoms with van der Waals surface area (Å²) in [5.41, 5.74) is -12.5. The smallest absolute Gasteiger partial charge is 0.227 e. The van der Waals surface area contributed by atoms with Gasteiger partial charge in [-0.15, -0.1) is 21.9 Å². The lowest BCUT2D eigenvalue weighted by atomic mass is 9.12. The van der Waals surface area contributed by atoms with Gasteiger partial charge in [0.2, 0.25) is 17.8 Å². The molecule has 0 spiro atoms. The highest BCUT2D eigenvalue weighted by molar-refractivity contribution is 9.10. The van der Waals surface area contributed by atoms with Crippen molar-refractivity contribution in [1.29, 1.82) is 0 Å². The molecule has 0 unspecified atom stereocenters. The minimum atomic E-state index is -7.22. The molecule has 0 fully saturated rings. The Balaban J connectivity index is 0.000000289. The summed E-state index contributed by atoms with van der Waals surface area (Å²) in [6, 6.07) is 19.5. The molecule has 1 heterocycles. The second kappa shape index (κ2) is 17.8. The maximum atomic E-state index is 15.4. The normalized spacial score (nSPS) is 11.6. The van der Waals surface area contributed by atoms with Crippen molar-refractivity contribution in [2.24, 2.45) is 0 Å². The van der Waals surface area contributed by atoms with Crippen LogP contribution < -0.4 is 26.4 Å². The molecular weight excluding hydrogens is 993 g/mol. The fourth-order valence-electron chi connectivity index (χ4n) is 7.13. The lowest BCUT2D eigenvalue weighted by molar-refractivity contribution is -0.657. The van der Waals surface area contributed by atoms with Crippen molar-refractivity contribution in [3.05, 3.63) is 193 Å². The molecule has 0 bridgehead atoms. The molecule has 0 aliphatic heterocycles. The minimum absolute atomic E-state index is 0.117.